The summed E-state index contributed by atoms with van der Waals surface area (Å²) in [5.41, 5.74) is 2.77. The third-order valence-electron chi connectivity index (χ3n) is 4.89. The highest BCUT2D eigenvalue weighted by atomic mass is 16.5. The number of urea groups is 1. The molecule has 1 fully saturated rings. The first-order valence-corrected chi connectivity index (χ1v) is 9.84. The molecule has 1 aliphatic heterocycles. The van der Waals surface area contributed by atoms with Gasteiger partial charge in [0.2, 0.25) is 0 Å². The lowest BCUT2D eigenvalue weighted by Crippen LogP contribution is -2.43. The van der Waals surface area contributed by atoms with Crippen molar-refractivity contribution in [2.75, 3.05) is 45.7 Å². The van der Waals surface area contributed by atoms with Crippen LogP contribution in [0.15, 0.2) is 24.5 Å². The van der Waals surface area contributed by atoms with E-state index in [0.29, 0.717) is 13.1 Å². The zero-order chi connectivity index (χ0) is 19.2. The molecule has 1 aliphatic rings. The van der Waals surface area contributed by atoms with E-state index in [1.54, 1.807) is 0 Å². The molecule has 0 saturated carbocycles. The lowest BCUT2D eigenvalue weighted by Gasteiger charge is -2.27. The number of hydrogen-bond acceptors (Lipinski definition) is 4. The number of aromatic nitrogens is 2. The molecule has 2 aromatic rings. The largest absolute Gasteiger partial charge is 0.376 e. The monoisotopic (exact) mass is 373 g/mol. The molecule has 1 saturated heterocycles. The molecule has 1 aromatic carbocycles. The fourth-order valence-electron chi connectivity index (χ4n) is 3.39. The van der Waals surface area contributed by atoms with Gasteiger partial charge in [0.25, 0.3) is 0 Å². The molecule has 0 unspecified atom stereocenters. The van der Waals surface area contributed by atoms with Crippen molar-refractivity contribution in [3.8, 4) is 0 Å². The van der Waals surface area contributed by atoms with Crippen LogP contribution in [0, 0.1) is 0 Å². The van der Waals surface area contributed by atoms with Gasteiger partial charge in [-0.3, -0.25) is 0 Å². The highest BCUT2D eigenvalue weighted by molar-refractivity contribution is 5.92. The zero-order valence-corrected chi connectivity index (χ0v) is 16.6. The number of carbonyl (C=O) groups is 1. The minimum absolute atomic E-state index is 0.0836. The Morgan fingerprint density at radius 3 is 2.93 bits per heavy atom. The molecule has 3 rings (SSSR count). The Bertz CT molecular complexity index is 752. The molecule has 2 amide bonds. The van der Waals surface area contributed by atoms with Crippen LogP contribution in [0.3, 0.4) is 0 Å². The van der Waals surface area contributed by atoms with Gasteiger partial charge < -0.3 is 24.4 Å². The number of likely N-dealkylation sites (N-methyl/N-ethyl adjacent to an activating group) is 1. The second kappa shape index (κ2) is 9.19. The van der Waals surface area contributed by atoms with Crippen LogP contribution in [0.4, 0.5) is 10.5 Å². The fourth-order valence-corrected chi connectivity index (χ4v) is 3.39. The quantitative estimate of drug-likeness (QED) is 0.773. The normalized spacial score (nSPS) is 17.0. The van der Waals surface area contributed by atoms with Crippen molar-refractivity contribution in [2.45, 2.75) is 38.8 Å². The molecule has 2 heterocycles. The summed E-state index contributed by atoms with van der Waals surface area (Å²) < 4.78 is 7.87. The van der Waals surface area contributed by atoms with Crippen LogP contribution in [0.25, 0.3) is 11.0 Å². The standard InChI is InChI=1S/C20H31N5O2/c1-4-9-25-15-21-18-13-16(7-8-19(18)25)22-20(26)24(11-10-23(2)3)14-17-6-5-12-27-17/h7-8,13,15,17H,4-6,9-12,14H2,1-3H3,(H,22,26)/t17-/m1/s1. The Morgan fingerprint density at radius 2 is 2.22 bits per heavy atom. The number of aryl methyl sites for hydroxylation is 1. The first-order valence-electron chi connectivity index (χ1n) is 9.84. The van der Waals surface area contributed by atoms with Gasteiger partial charge in [0.15, 0.2) is 0 Å². The molecule has 148 valence electrons. The summed E-state index contributed by atoms with van der Waals surface area (Å²) in [7, 11) is 4.03. The van der Waals surface area contributed by atoms with Gasteiger partial charge in [0.05, 0.1) is 23.5 Å². The van der Waals surface area contributed by atoms with Gasteiger partial charge in [-0.1, -0.05) is 6.92 Å². The lowest BCUT2D eigenvalue weighted by atomic mass is 10.2. The maximum absolute atomic E-state index is 12.9. The van der Waals surface area contributed by atoms with Crippen molar-refractivity contribution < 1.29 is 9.53 Å². The number of fused-ring (bicyclic) bond motifs is 1. The molecule has 7 nitrogen and oxygen atoms in total. The van der Waals surface area contributed by atoms with Gasteiger partial charge in [-0.25, -0.2) is 9.78 Å². The number of nitrogens with zero attached hydrogens (tertiary/aromatic N) is 4. The lowest BCUT2D eigenvalue weighted by molar-refractivity contribution is 0.0820. The van der Waals surface area contributed by atoms with Crippen molar-refractivity contribution in [2.24, 2.45) is 0 Å². The van der Waals surface area contributed by atoms with E-state index in [-0.39, 0.29) is 12.1 Å². The Kier molecular flexibility index (Phi) is 6.68. The second-order valence-electron chi connectivity index (χ2n) is 7.46. The minimum atomic E-state index is -0.0836. The number of imidazole rings is 1. The average molecular weight is 374 g/mol. The number of hydrogen-bond donors (Lipinski definition) is 1. The van der Waals surface area contributed by atoms with Crippen molar-refractivity contribution in [3.63, 3.8) is 0 Å². The Morgan fingerprint density at radius 1 is 1.37 bits per heavy atom. The zero-order valence-electron chi connectivity index (χ0n) is 16.6. The highest BCUT2D eigenvalue weighted by Gasteiger charge is 2.22. The van der Waals surface area contributed by atoms with Crippen LogP contribution < -0.4 is 5.32 Å². The summed E-state index contributed by atoms with van der Waals surface area (Å²) in [6.07, 6.45) is 5.16. The molecule has 0 bridgehead atoms. The summed E-state index contributed by atoms with van der Waals surface area (Å²) in [5.74, 6) is 0. The third kappa shape index (κ3) is 5.20. The van der Waals surface area contributed by atoms with E-state index < -0.39 is 0 Å². The number of carbonyl (C=O) groups excluding carboxylic acids is 1. The first kappa shape index (κ1) is 19.6. The Balaban J connectivity index is 1.68. The summed E-state index contributed by atoms with van der Waals surface area (Å²) >= 11 is 0. The molecule has 7 heteroatoms. The fraction of sp³-hybridized carbons (Fsp3) is 0.600. The van der Waals surface area contributed by atoms with E-state index in [2.05, 4.69) is 26.7 Å². The Hall–Kier alpha value is -2.12. The highest BCUT2D eigenvalue weighted by Crippen LogP contribution is 2.20. The average Bonchev–Trinajstić information content (AvgIpc) is 3.28. The maximum atomic E-state index is 12.9. The van der Waals surface area contributed by atoms with Crippen molar-refractivity contribution in [1.29, 1.82) is 0 Å². The van der Waals surface area contributed by atoms with E-state index >= 15 is 0 Å². The van der Waals surface area contributed by atoms with E-state index in [9.17, 15) is 4.79 Å². The third-order valence-corrected chi connectivity index (χ3v) is 4.89. The molecule has 0 aliphatic carbocycles. The van der Waals surface area contributed by atoms with Gasteiger partial charge in [-0.05, 0) is 51.6 Å². The second-order valence-corrected chi connectivity index (χ2v) is 7.46. The predicted octanol–water partition coefficient (Wildman–Crippen LogP) is 3.02. The van der Waals surface area contributed by atoms with Crippen LogP contribution in [0.2, 0.25) is 0 Å². The number of anilines is 1. The van der Waals surface area contributed by atoms with Gasteiger partial charge >= 0.3 is 6.03 Å². The number of nitrogens with one attached hydrogen (secondary N) is 1. The minimum Gasteiger partial charge on any atom is -0.376 e. The maximum Gasteiger partial charge on any atom is 0.321 e. The van der Waals surface area contributed by atoms with Crippen molar-refractivity contribution in [3.05, 3.63) is 24.5 Å². The summed E-state index contributed by atoms with van der Waals surface area (Å²) in [4.78, 5) is 21.3. The number of ether oxygens (including phenoxy) is 1. The molecule has 1 N–H and O–H groups in total. The predicted molar refractivity (Wildman–Crippen MR) is 108 cm³/mol. The molecule has 1 aromatic heterocycles. The number of amides is 2. The van der Waals surface area contributed by atoms with E-state index in [1.807, 2.05) is 43.5 Å². The molecular formula is C20H31N5O2. The first-order chi connectivity index (χ1) is 13.1. The number of benzene rings is 1. The van der Waals surface area contributed by atoms with Crippen LogP contribution >= 0.6 is 0 Å². The molecule has 0 spiro atoms. The van der Waals surface area contributed by atoms with E-state index in [4.69, 9.17) is 4.74 Å². The van der Waals surface area contributed by atoms with Crippen LogP contribution in [0.1, 0.15) is 26.2 Å². The smallest absolute Gasteiger partial charge is 0.321 e. The van der Waals surface area contributed by atoms with Gasteiger partial charge in [0.1, 0.15) is 0 Å². The molecular weight excluding hydrogens is 342 g/mol. The summed E-state index contributed by atoms with van der Waals surface area (Å²) in [6.45, 7) is 6.02. The van der Waals surface area contributed by atoms with E-state index in [1.165, 1.54) is 0 Å². The molecule has 1 atom stereocenters. The SMILES string of the molecule is CCCn1cnc2cc(NC(=O)N(CCN(C)C)C[C@H]3CCCO3)ccc21. The van der Waals surface area contributed by atoms with Crippen LogP contribution in [0.5, 0.6) is 0 Å². The summed E-state index contributed by atoms with van der Waals surface area (Å²) in [6, 6.07) is 5.83. The van der Waals surface area contributed by atoms with Crippen molar-refractivity contribution >= 4 is 22.8 Å². The van der Waals surface area contributed by atoms with Crippen LogP contribution in [-0.4, -0.2) is 71.8 Å². The molecule has 0 radical (unpaired) electrons. The van der Waals surface area contributed by atoms with Gasteiger partial charge in [0, 0.05) is 38.5 Å². The van der Waals surface area contributed by atoms with Gasteiger partial charge in [-0.15, -0.1) is 0 Å². The van der Waals surface area contributed by atoms with E-state index in [0.717, 1.165) is 55.7 Å². The van der Waals surface area contributed by atoms with Crippen molar-refractivity contribution in [1.82, 2.24) is 19.4 Å². The van der Waals surface area contributed by atoms with Gasteiger partial charge in [-0.2, -0.15) is 0 Å². The van der Waals surface area contributed by atoms with Crippen LogP contribution in [-0.2, 0) is 11.3 Å². The summed E-state index contributed by atoms with van der Waals surface area (Å²) in [5, 5.41) is 3.04. The topological polar surface area (TPSA) is 62.6 Å². The Labute approximate surface area is 161 Å². The number of rotatable bonds is 8. The molecule has 27 heavy (non-hydrogen) atoms.